The van der Waals surface area contributed by atoms with E-state index in [1.165, 1.54) is 18.2 Å². The van der Waals surface area contributed by atoms with Crippen molar-refractivity contribution >= 4 is 9.84 Å². The number of rotatable bonds is 8. The fourth-order valence-electron chi connectivity index (χ4n) is 5.40. The molecule has 0 radical (unpaired) electrons. The van der Waals surface area contributed by atoms with Gasteiger partial charge in [0, 0.05) is 12.7 Å². The lowest BCUT2D eigenvalue weighted by atomic mass is 9.65. The van der Waals surface area contributed by atoms with Crippen LogP contribution in [0.1, 0.15) is 68.3 Å². The van der Waals surface area contributed by atoms with Crippen molar-refractivity contribution in [1.82, 2.24) is 25.4 Å². The first-order valence-corrected chi connectivity index (χ1v) is 15.0. The summed E-state index contributed by atoms with van der Waals surface area (Å²) in [7, 11) is -3.17. The van der Waals surface area contributed by atoms with E-state index in [9.17, 15) is 17.2 Å². The van der Waals surface area contributed by atoms with Gasteiger partial charge in [-0.25, -0.2) is 22.2 Å². The molecule has 4 aromatic rings. The number of aryl methyl sites for hydroxylation is 1. The van der Waals surface area contributed by atoms with Gasteiger partial charge >= 0.3 is 0 Å². The normalized spacial score (nSPS) is 19.2. The highest BCUT2D eigenvalue weighted by Crippen LogP contribution is 2.49. The minimum absolute atomic E-state index is 0.0894. The van der Waals surface area contributed by atoms with Crippen molar-refractivity contribution in [1.29, 1.82) is 0 Å². The average molecular weight is 554 g/mol. The summed E-state index contributed by atoms with van der Waals surface area (Å²) >= 11 is 0. The van der Waals surface area contributed by atoms with Gasteiger partial charge in [-0.1, -0.05) is 26.0 Å². The van der Waals surface area contributed by atoms with Crippen molar-refractivity contribution in [2.24, 2.45) is 0 Å². The van der Waals surface area contributed by atoms with Crippen molar-refractivity contribution in [3.8, 4) is 22.8 Å². The maximum atomic E-state index is 14.6. The SMILES string of the molecule is CC[C@H]1CC[C@](CC)(c2cccc(-c3nnc(CCS(C)(=O)=O)o3)n2)c2nnc(-c3c(F)cccc3F)cc21. The number of hydrogen-bond donors (Lipinski definition) is 0. The van der Waals surface area contributed by atoms with Crippen molar-refractivity contribution < 1.29 is 21.6 Å². The van der Waals surface area contributed by atoms with Crippen LogP contribution in [-0.4, -0.2) is 45.8 Å². The Morgan fingerprint density at radius 2 is 1.74 bits per heavy atom. The smallest absolute Gasteiger partial charge is 0.266 e. The number of nitrogens with zero attached hydrogens (tertiary/aromatic N) is 5. The van der Waals surface area contributed by atoms with Crippen LogP contribution in [0.4, 0.5) is 8.78 Å². The summed E-state index contributed by atoms with van der Waals surface area (Å²) < 4.78 is 57.9. The molecule has 0 amide bonds. The number of pyridine rings is 1. The molecule has 0 aliphatic heterocycles. The van der Waals surface area contributed by atoms with E-state index in [0.29, 0.717) is 12.1 Å². The van der Waals surface area contributed by atoms with Crippen LogP contribution in [0.2, 0.25) is 0 Å². The zero-order valence-corrected chi connectivity index (χ0v) is 22.8. The van der Waals surface area contributed by atoms with Gasteiger partial charge in [0.05, 0.1) is 33.8 Å². The molecular weight excluding hydrogens is 524 g/mol. The van der Waals surface area contributed by atoms with Gasteiger partial charge in [0.25, 0.3) is 5.89 Å². The largest absolute Gasteiger partial charge is 0.419 e. The molecular formula is C28H29F2N5O3S. The van der Waals surface area contributed by atoms with Gasteiger partial charge in [0.2, 0.25) is 5.89 Å². The third-order valence-corrected chi connectivity index (χ3v) is 8.51. The van der Waals surface area contributed by atoms with Crippen molar-refractivity contribution in [2.45, 2.75) is 57.3 Å². The molecule has 0 spiro atoms. The Morgan fingerprint density at radius 1 is 1.00 bits per heavy atom. The molecule has 0 N–H and O–H groups in total. The Labute approximate surface area is 225 Å². The van der Waals surface area contributed by atoms with E-state index in [2.05, 4.69) is 34.2 Å². The Kier molecular flexibility index (Phi) is 7.28. The van der Waals surface area contributed by atoms with Gasteiger partial charge in [0.15, 0.2) is 0 Å². The molecule has 1 aromatic carbocycles. The Hall–Kier alpha value is -3.60. The maximum Gasteiger partial charge on any atom is 0.266 e. The lowest BCUT2D eigenvalue weighted by molar-refractivity contribution is 0.353. The average Bonchev–Trinajstić information content (AvgIpc) is 3.40. The van der Waals surface area contributed by atoms with Crippen molar-refractivity contribution in [2.75, 3.05) is 12.0 Å². The van der Waals surface area contributed by atoms with Gasteiger partial charge in [-0.2, -0.15) is 5.10 Å². The van der Waals surface area contributed by atoms with E-state index in [4.69, 9.17) is 9.40 Å². The molecule has 5 rings (SSSR count). The van der Waals surface area contributed by atoms with Gasteiger partial charge in [-0.15, -0.1) is 15.3 Å². The van der Waals surface area contributed by atoms with Crippen LogP contribution >= 0.6 is 0 Å². The third kappa shape index (κ3) is 5.19. The maximum absolute atomic E-state index is 14.6. The predicted octanol–water partition coefficient (Wildman–Crippen LogP) is 5.44. The van der Waals surface area contributed by atoms with Crippen LogP contribution in [0.5, 0.6) is 0 Å². The monoisotopic (exact) mass is 553 g/mol. The molecule has 11 heteroatoms. The summed E-state index contributed by atoms with van der Waals surface area (Å²) in [6, 6.07) is 11.1. The second-order valence-corrected chi connectivity index (χ2v) is 12.3. The lowest BCUT2D eigenvalue weighted by Gasteiger charge is -2.40. The number of fused-ring (bicyclic) bond motifs is 1. The lowest BCUT2D eigenvalue weighted by Crippen LogP contribution is -2.35. The Balaban J connectivity index is 1.56. The van der Waals surface area contributed by atoms with Crippen LogP contribution in [0, 0.1) is 11.6 Å². The molecule has 0 fully saturated rings. The van der Waals surface area contributed by atoms with Gasteiger partial charge in [-0.05, 0) is 67.5 Å². The number of benzene rings is 1. The minimum Gasteiger partial charge on any atom is -0.419 e. The van der Waals surface area contributed by atoms with E-state index in [1.807, 2.05) is 12.1 Å². The van der Waals surface area contributed by atoms with E-state index < -0.39 is 26.9 Å². The first-order chi connectivity index (χ1) is 18.6. The quantitative estimate of drug-likeness (QED) is 0.284. The summed E-state index contributed by atoms with van der Waals surface area (Å²) in [4.78, 5) is 4.89. The van der Waals surface area contributed by atoms with Gasteiger partial charge < -0.3 is 4.42 Å². The fraction of sp³-hybridized carbons (Fsp3) is 0.393. The second-order valence-electron chi connectivity index (χ2n) is 10.00. The fourth-order valence-corrected chi connectivity index (χ4v) is 5.94. The van der Waals surface area contributed by atoms with E-state index >= 15 is 0 Å². The molecule has 204 valence electrons. The molecule has 0 saturated heterocycles. The highest BCUT2D eigenvalue weighted by atomic mass is 32.2. The first-order valence-electron chi connectivity index (χ1n) is 13.0. The van der Waals surface area contributed by atoms with Gasteiger partial charge in [0.1, 0.15) is 27.2 Å². The number of sulfone groups is 1. The van der Waals surface area contributed by atoms with Crippen molar-refractivity contribution in [3.63, 3.8) is 0 Å². The highest BCUT2D eigenvalue weighted by Gasteiger charge is 2.43. The topological polar surface area (TPSA) is 112 Å². The Bertz CT molecular complexity index is 1600. The van der Waals surface area contributed by atoms with Crippen LogP contribution in [0.25, 0.3) is 22.8 Å². The third-order valence-electron chi connectivity index (χ3n) is 7.56. The predicted molar refractivity (Wildman–Crippen MR) is 142 cm³/mol. The summed E-state index contributed by atoms with van der Waals surface area (Å²) in [5.74, 6) is -0.862. The summed E-state index contributed by atoms with van der Waals surface area (Å²) in [6.07, 6.45) is 4.43. The minimum atomic E-state index is -3.17. The standard InChI is InChI=1S/C28H29F2N5O3S/c1-4-17-12-14-28(5-2,26-18(17)16-22(32-34-26)25-19(29)8-6-9-20(25)30)23-11-7-10-21(31-23)27-35-33-24(38-27)13-15-39(3,36)37/h6-11,16-17H,4-5,12-15H2,1-3H3/t17-,28+/m0/s1. The van der Waals surface area contributed by atoms with E-state index in [0.717, 1.165) is 42.5 Å². The number of hydrogen-bond acceptors (Lipinski definition) is 8. The molecule has 8 nitrogen and oxygen atoms in total. The molecule has 39 heavy (non-hydrogen) atoms. The second kappa shape index (κ2) is 10.5. The molecule has 1 aliphatic rings. The van der Waals surface area contributed by atoms with Crippen LogP contribution in [0.15, 0.2) is 46.9 Å². The van der Waals surface area contributed by atoms with Crippen LogP contribution in [0.3, 0.4) is 0 Å². The summed E-state index contributed by atoms with van der Waals surface area (Å²) in [5, 5.41) is 17.0. The summed E-state index contributed by atoms with van der Waals surface area (Å²) in [5.41, 5.74) is 2.32. The zero-order chi connectivity index (χ0) is 27.8. The molecule has 2 atom stereocenters. The molecule has 0 bridgehead atoms. The highest BCUT2D eigenvalue weighted by molar-refractivity contribution is 7.90. The molecule has 1 aliphatic carbocycles. The molecule has 0 unspecified atom stereocenters. The number of halogens is 2. The Morgan fingerprint density at radius 3 is 2.44 bits per heavy atom. The summed E-state index contributed by atoms with van der Waals surface area (Å²) in [6.45, 7) is 4.15. The van der Waals surface area contributed by atoms with Crippen molar-refractivity contribution in [3.05, 3.63) is 76.9 Å². The first kappa shape index (κ1) is 27.0. The number of aromatic nitrogens is 5. The molecule has 0 saturated carbocycles. The van der Waals surface area contributed by atoms with E-state index in [-0.39, 0.29) is 41.1 Å². The van der Waals surface area contributed by atoms with Crippen LogP contribution in [-0.2, 0) is 21.7 Å². The molecule has 3 aromatic heterocycles. The van der Waals surface area contributed by atoms with Crippen LogP contribution < -0.4 is 0 Å². The van der Waals surface area contributed by atoms with Gasteiger partial charge in [-0.3, -0.25) is 0 Å². The molecule has 3 heterocycles. The zero-order valence-electron chi connectivity index (χ0n) is 22.0. The van der Waals surface area contributed by atoms with E-state index in [1.54, 1.807) is 12.1 Å².